The second-order valence-corrected chi connectivity index (χ2v) is 6.86. The summed E-state index contributed by atoms with van der Waals surface area (Å²) in [6.45, 7) is 4.01. The lowest BCUT2D eigenvalue weighted by atomic mass is 10.0. The van der Waals surface area contributed by atoms with Crippen molar-refractivity contribution in [2.24, 2.45) is 5.92 Å². The van der Waals surface area contributed by atoms with Crippen LogP contribution < -0.4 is 10.6 Å². The molecule has 6 nitrogen and oxygen atoms in total. The van der Waals surface area contributed by atoms with E-state index in [0.717, 1.165) is 10.0 Å². The summed E-state index contributed by atoms with van der Waals surface area (Å²) in [5.74, 6) is -0.266. The van der Waals surface area contributed by atoms with Crippen molar-refractivity contribution in [3.63, 3.8) is 0 Å². The molecule has 1 unspecified atom stereocenters. The fraction of sp³-hybridized carbons (Fsp3) is 0.353. The summed E-state index contributed by atoms with van der Waals surface area (Å²) in [5.41, 5.74) is 1.90. The second-order valence-electron chi connectivity index (χ2n) is 5.94. The molecule has 0 radical (unpaired) electrons. The minimum Gasteiger partial charge on any atom is -0.357 e. The summed E-state index contributed by atoms with van der Waals surface area (Å²) < 4.78 is 0.974. The molecule has 0 aliphatic rings. The van der Waals surface area contributed by atoms with Crippen LogP contribution in [0.4, 0.5) is 0 Å². The third kappa shape index (κ3) is 4.67. The van der Waals surface area contributed by atoms with Crippen molar-refractivity contribution in [2.45, 2.75) is 26.3 Å². The van der Waals surface area contributed by atoms with E-state index >= 15 is 0 Å². The maximum atomic E-state index is 12.4. The van der Waals surface area contributed by atoms with E-state index in [-0.39, 0.29) is 17.7 Å². The molecule has 24 heavy (non-hydrogen) atoms. The van der Waals surface area contributed by atoms with E-state index in [9.17, 15) is 9.59 Å². The SMILES string of the molecule is CNC(=O)C(CC(C)C)NC(=O)c1cc(-c2ccc(Br)cc2)n[nH]1. The lowest BCUT2D eigenvalue weighted by molar-refractivity contribution is -0.122. The number of amides is 2. The summed E-state index contributed by atoms with van der Waals surface area (Å²) in [7, 11) is 1.56. The number of aromatic amines is 1. The molecule has 0 fully saturated rings. The summed E-state index contributed by atoms with van der Waals surface area (Å²) in [6.07, 6.45) is 0.569. The number of nitrogens with zero attached hydrogens (tertiary/aromatic N) is 1. The largest absolute Gasteiger partial charge is 0.357 e. The van der Waals surface area contributed by atoms with Crippen LogP contribution in [-0.4, -0.2) is 35.1 Å². The maximum Gasteiger partial charge on any atom is 0.269 e. The molecular formula is C17H21BrN4O2. The van der Waals surface area contributed by atoms with Crippen LogP contribution in [-0.2, 0) is 4.79 Å². The van der Waals surface area contributed by atoms with Gasteiger partial charge in [-0.3, -0.25) is 14.7 Å². The lowest BCUT2D eigenvalue weighted by Crippen LogP contribution is -2.46. The van der Waals surface area contributed by atoms with Gasteiger partial charge in [-0.2, -0.15) is 5.10 Å². The van der Waals surface area contributed by atoms with Crippen molar-refractivity contribution in [3.8, 4) is 11.3 Å². The van der Waals surface area contributed by atoms with Gasteiger partial charge < -0.3 is 10.6 Å². The Morgan fingerprint density at radius 2 is 1.92 bits per heavy atom. The molecule has 0 aliphatic heterocycles. The van der Waals surface area contributed by atoms with Crippen LogP contribution in [0.5, 0.6) is 0 Å². The third-order valence-electron chi connectivity index (χ3n) is 3.54. The van der Waals surface area contributed by atoms with Crippen LogP contribution in [0.15, 0.2) is 34.8 Å². The molecule has 128 valence electrons. The van der Waals surface area contributed by atoms with Gasteiger partial charge in [0.15, 0.2) is 0 Å². The van der Waals surface area contributed by atoms with E-state index in [0.29, 0.717) is 17.8 Å². The zero-order valence-electron chi connectivity index (χ0n) is 13.9. The molecule has 1 aromatic heterocycles. The molecule has 0 saturated heterocycles. The van der Waals surface area contributed by atoms with E-state index < -0.39 is 6.04 Å². The topological polar surface area (TPSA) is 86.9 Å². The summed E-state index contributed by atoms with van der Waals surface area (Å²) >= 11 is 3.38. The Hall–Kier alpha value is -2.15. The highest BCUT2D eigenvalue weighted by Gasteiger charge is 2.22. The Morgan fingerprint density at radius 1 is 1.25 bits per heavy atom. The quantitative estimate of drug-likeness (QED) is 0.705. The van der Waals surface area contributed by atoms with E-state index in [1.807, 2.05) is 38.1 Å². The zero-order chi connectivity index (χ0) is 17.7. The first-order valence-corrected chi connectivity index (χ1v) is 8.53. The predicted octanol–water partition coefficient (Wildman–Crippen LogP) is 2.73. The molecule has 2 rings (SSSR count). The molecule has 1 heterocycles. The number of rotatable bonds is 6. The molecule has 0 aliphatic carbocycles. The Kier molecular flexibility index (Phi) is 6.14. The normalized spacial score (nSPS) is 12.0. The van der Waals surface area contributed by atoms with Crippen molar-refractivity contribution in [1.82, 2.24) is 20.8 Å². The fourth-order valence-electron chi connectivity index (χ4n) is 2.32. The molecule has 2 amide bonds. The molecule has 7 heteroatoms. The summed E-state index contributed by atoms with van der Waals surface area (Å²) in [4.78, 5) is 24.3. The van der Waals surface area contributed by atoms with Crippen LogP contribution >= 0.6 is 15.9 Å². The molecule has 0 saturated carbocycles. The van der Waals surface area contributed by atoms with Gasteiger partial charge in [0.25, 0.3) is 5.91 Å². The molecular weight excluding hydrogens is 372 g/mol. The number of hydrogen-bond donors (Lipinski definition) is 3. The van der Waals surface area contributed by atoms with Gasteiger partial charge in [-0.25, -0.2) is 0 Å². The molecule has 0 spiro atoms. The van der Waals surface area contributed by atoms with Gasteiger partial charge in [-0.15, -0.1) is 0 Å². The van der Waals surface area contributed by atoms with E-state index in [2.05, 4.69) is 36.8 Å². The van der Waals surface area contributed by atoms with E-state index in [4.69, 9.17) is 0 Å². The highest BCUT2D eigenvalue weighted by molar-refractivity contribution is 9.10. The Balaban J connectivity index is 2.12. The van der Waals surface area contributed by atoms with Gasteiger partial charge in [0.05, 0.1) is 5.69 Å². The number of nitrogens with one attached hydrogen (secondary N) is 3. The Bertz CT molecular complexity index is 710. The van der Waals surface area contributed by atoms with Crippen molar-refractivity contribution in [2.75, 3.05) is 7.05 Å². The highest BCUT2D eigenvalue weighted by Crippen LogP contribution is 2.20. The van der Waals surface area contributed by atoms with Gasteiger partial charge in [-0.1, -0.05) is 41.9 Å². The number of H-pyrrole nitrogens is 1. The minimum atomic E-state index is -0.568. The molecule has 1 atom stereocenters. The first-order chi connectivity index (χ1) is 11.4. The lowest BCUT2D eigenvalue weighted by Gasteiger charge is -2.18. The molecule has 1 aromatic carbocycles. The van der Waals surface area contributed by atoms with Gasteiger partial charge in [0, 0.05) is 17.1 Å². The van der Waals surface area contributed by atoms with Gasteiger partial charge in [-0.05, 0) is 30.5 Å². The van der Waals surface area contributed by atoms with E-state index in [1.54, 1.807) is 13.1 Å². The summed E-state index contributed by atoms with van der Waals surface area (Å²) in [6, 6.07) is 8.75. The van der Waals surface area contributed by atoms with Crippen LogP contribution in [0.1, 0.15) is 30.8 Å². The summed E-state index contributed by atoms with van der Waals surface area (Å²) in [5, 5.41) is 12.2. The third-order valence-corrected chi connectivity index (χ3v) is 4.07. The fourth-order valence-corrected chi connectivity index (χ4v) is 2.58. The van der Waals surface area contributed by atoms with Crippen LogP contribution in [0, 0.1) is 5.92 Å². The Morgan fingerprint density at radius 3 is 2.50 bits per heavy atom. The van der Waals surface area contributed by atoms with Crippen molar-refractivity contribution in [3.05, 3.63) is 40.5 Å². The minimum absolute atomic E-state index is 0.204. The predicted molar refractivity (Wildman–Crippen MR) is 96.5 cm³/mol. The first kappa shape index (κ1) is 18.2. The maximum absolute atomic E-state index is 12.4. The molecule has 2 aromatic rings. The van der Waals surface area contributed by atoms with Gasteiger partial charge in [0.2, 0.25) is 5.91 Å². The number of carbonyl (C=O) groups excluding carboxylic acids is 2. The number of carbonyl (C=O) groups is 2. The van der Waals surface area contributed by atoms with Crippen molar-refractivity contribution < 1.29 is 9.59 Å². The second kappa shape index (κ2) is 8.10. The van der Waals surface area contributed by atoms with Gasteiger partial charge >= 0.3 is 0 Å². The van der Waals surface area contributed by atoms with Gasteiger partial charge in [0.1, 0.15) is 11.7 Å². The van der Waals surface area contributed by atoms with Crippen LogP contribution in [0.25, 0.3) is 11.3 Å². The molecule has 0 bridgehead atoms. The van der Waals surface area contributed by atoms with Crippen molar-refractivity contribution in [1.29, 1.82) is 0 Å². The number of likely N-dealkylation sites (N-methyl/N-ethyl adjacent to an activating group) is 1. The van der Waals surface area contributed by atoms with Crippen LogP contribution in [0.3, 0.4) is 0 Å². The zero-order valence-corrected chi connectivity index (χ0v) is 15.5. The van der Waals surface area contributed by atoms with E-state index in [1.165, 1.54) is 0 Å². The Labute approximate surface area is 149 Å². The standard InChI is InChI=1S/C17H21BrN4O2/c1-10(2)8-14(16(23)19-3)20-17(24)15-9-13(21-22-15)11-4-6-12(18)7-5-11/h4-7,9-10,14H,8H2,1-3H3,(H,19,23)(H,20,24)(H,21,22). The average Bonchev–Trinajstić information content (AvgIpc) is 3.03. The number of benzene rings is 1. The average molecular weight is 393 g/mol. The van der Waals surface area contributed by atoms with Crippen molar-refractivity contribution >= 4 is 27.7 Å². The van der Waals surface area contributed by atoms with Crippen LogP contribution in [0.2, 0.25) is 0 Å². The smallest absolute Gasteiger partial charge is 0.269 e. The first-order valence-electron chi connectivity index (χ1n) is 7.74. The monoisotopic (exact) mass is 392 g/mol. The number of halogens is 1. The highest BCUT2D eigenvalue weighted by atomic mass is 79.9. The number of hydrogen-bond acceptors (Lipinski definition) is 3. The number of aromatic nitrogens is 2. The molecule has 3 N–H and O–H groups in total.